The normalized spacial score (nSPS) is 18.4. The molecule has 0 saturated carbocycles. The Morgan fingerprint density at radius 1 is 1.17 bits per heavy atom. The number of hydrogen-bond donors (Lipinski definition) is 4. The number of hydrogen-bond acceptors (Lipinski definition) is 6. The predicted octanol–water partition coefficient (Wildman–Crippen LogP) is 2.44. The zero-order valence-electron chi connectivity index (χ0n) is 20.5. The van der Waals surface area contributed by atoms with Gasteiger partial charge in [0.05, 0.1) is 11.9 Å². The minimum atomic E-state index is -1.61. The smallest absolute Gasteiger partial charge is 0.254 e. The maximum Gasteiger partial charge on any atom is 0.254 e. The van der Waals surface area contributed by atoms with Gasteiger partial charge in [0.1, 0.15) is 11.8 Å². The lowest BCUT2D eigenvalue weighted by Gasteiger charge is -2.33. The van der Waals surface area contributed by atoms with Crippen LogP contribution in [-0.2, 0) is 16.0 Å². The first-order valence-corrected chi connectivity index (χ1v) is 13.2. The summed E-state index contributed by atoms with van der Waals surface area (Å²) in [6, 6.07) is 12.0. The summed E-state index contributed by atoms with van der Waals surface area (Å²) in [5.41, 5.74) is 1.45. The van der Waals surface area contributed by atoms with Gasteiger partial charge in [0.25, 0.3) is 11.8 Å². The number of carbonyl (C=O) groups is 3. The third kappa shape index (κ3) is 6.32. The number of benzene rings is 2. The van der Waals surface area contributed by atoms with Gasteiger partial charge in [-0.25, -0.2) is 0 Å². The molecule has 0 aliphatic carbocycles. The molecule has 4 N–H and O–H groups in total. The van der Waals surface area contributed by atoms with E-state index in [-0.39, 0.29) is 41.9 Å². The van der Waals surface area contributed by atoms with E-state index < -0.39 is 34.7 Å². The molecule has 0 bridgehead atoms. The molecule has 3 atom stereocenters. The Labute approximate surface area is 220 Å². The molecular weight excluding hydrogens is 502 g/mol. The van der Waals surface area contributed by atoms with Gasteiger partial charge >= 0.3 is 0 Å². The quantitative estimate of drug-likeness (QED) is 0.368. The summed E-state index contributed by atoms with van der Waals surface area (Å²) in [5.74, 6) is -1.08. The molecule has 0 spiro atoms. The fourth-order valence-electron chi connectivity index (χ4n) is 4.25. The average Bonchev–Trinajstić information content (AvgIpc) is 3.18. The first-order chi connectivity index (χ1) is 17.1. The van der Waals surface area contributed by atoms with Crippen LogP contribution in [0.5, 0.6) is 5.75 Å². The van der Waals surface area contributed by atoms with Crippen molar-refractivity contribution in [2.24, 2.45) is 0 Å². The molecule has 1 heterocycles. The number of nitrogens with one attached hydrogen (secondary N) is 2. The highest BCUT2D eigenvalue weighted by Gasteiger charge is 2.49. The number of nitrogens with zero attached hydrogens (tertiary/aromatic N) is 1. The topological polar surface area (TPSA) is 119 Å². The number of alkyl halides is 1. The van der Waals surface area contributed by atoms with Crippen molar-refractivity contribution in [1.29, 1.82) is 0 Å². The Morgan fingerprint density at radius 3 is 2.53 bits per heavy atom. The molecule has 1 saturated heterocycles. The fourth-order valence-corrected chi connectivity index (χ4v) is 5.48. The monoisotopic (exact) mass is 533 g/mol. The summed E-state index contributed by atoms with van der Waals surface area (Å²) in [7, 11) is 0. The van der Waals surface area contributed by atoms with Crippen LogP contribution in [0.25, 0.3) is 0 Å². The van der Waals surface area contributed by atoms with E-state index >= 15 is 0 Å². The highest BCUT2D eigenvalue weighted by Crippen LogP contribution is 2.39. The van der Waals surface area contributed by atoms with E-state index in [0.29, 0.717) is 5.56 Å². The van der Waals surface area contributed by atoms with Crippen molar-refractivity contribution >= 4 is 41.1 Å². The van der Waals surface area contributed by atoms with Crippen LogP contribution in [0.4, 0.5) is 0 Å². The maximum atomic E-state index is 13.6. The maximum absolute atomic E-state index is 13.6. The second-order valence-electron chi connectivity index (χ2n) is 9.23. The second kappa shape index (κ2) is 12.0. The summed E-state index contributed by atoms with van der Waals surface area (Å²) in [4.78, 5) is 40.9. The largest absolute Gasteiger partial charge is 0.508 e. The van der Waals surface area contributed by atoms with Gasteiger partial charge in [-0.2, -0.15) is 0 Å². The number of thioether (sulfide) groups is 1. The van der Waals surface area contributed by atoms with Crippen molar-refractivity contribution in [3.63, 3.8) is 0 Å². The van der Waals surface area contributed by atoms with Gasteiger partial charge < -0.3 is 25.7 Å². The minimum absolute atomic E-state index is 0.0268. The molecule has 3 rings (SSSR count). The first-order valence-electron chi connectivity index (χ1n) is 11.7. The average molecular weight is 534 g/mol. The highest BCUT2D eigenvalue weighted by molar-refractivity contribution is 8.00. The molecule has 3 amide bonds. The molecule has 1 aliphatic heterocycles. The van der Waals surface area contributed by atoms with Crippen molar-refractivity contribution in [3.05, 3.63) is 65.2 Å². The number of amides is 3. The SMILES string of the molecule is Cc1c(O)cccc1C(=O)NC(Cc1ccccc1)C(O)C(=O)N1CSC(C)(C)C1C(=O)NCCCl. The van der Waals surface area contributed by atoms with Gasteiger partial charge in [-0.3, -0.25) is 14.4 Å². The van der Waals surface area contributed by atoms with Crippen LogP contribution in [-0.4, -0.2) is 74.1 Å². The third-order valence-corrected chi connectivity index (χ3v) is 7.83. The van der Waals surface area contributed by atoms with E-state index in [2.05, 4.69) is 10.6 Å². The molecule has 36 heavy (non-hydrogen) atoms. The number of rotatable bonds is 9. The van der Waals surface area contributed by atoms with E-state index in [1.807, 2.05) is 44.2 Å². The lowest BCUT2D eigenvalue weighted by Crippen LogP contribution is -2.58. The molecule has 0 radical (unpaired) electrons. The van der Waals surface area contributed by atoms with Crippen molar-refractivity contribution in [1.82, 2.24) is 15.5 Å². The van der Waals surface area contributed by atoms with E-state index in [1.165, 1.54) is 22.7 Å². The van der Waals surface area contributed by atoms with Crippen LogP contribution in [0.3, 0.4) is 0 Å². The summed E-state index contributed by atoms with van der Waals surface area (Å²) in [6.45, 7) is 5.62. The molecule has 8 nitrogen and oxygen atoms in total. The number of phenolic OH excluding ortho intramolecular Hbond substituents is 1. The van der Waals surface area contributed by atoms with E-state index in [9.17, 15) is 24.6 Å². The van der Waals surface area contributed by atoms with Crippen LogP contribution in [0.1, 0.15) is 35.3 Å². The van der Waals surface area contributed by atoms with Crippen molar-refractivity contribution in [3.8, 4) is 5.75 Å². The molecular formula is C26H32ClN3O5S. The number of aliphatic hydroxyl groups is 1. The highest BCUT2D eigenvalue weighted by atomic mass is 35.5. The molecule has 3 unspecified atom stereocenters. The molecule has 1 aliphatic rings. The number of phenols is 1. The van der Waals surface area contributed by atoms with Crippen LogP contribution in [0, 0.1) is 6.92 Å². The van der Waals surface area contributed by atoms with E-state index in [4.69, 9.17) is 11.6 Å². The third-order valence-electron chi connectivity index (χ3n) is 6.27. The summed E-state index contributed by atoms with van der Waals surface area (Å²) >= 11 is 7.15. The summed E-state index contributed by atoms with van der Waals surface area (Å²) in [6.07, 6.45) is -1.42. The molecule has 1 fully saturated rings. The second-order valence-corrected chi connectivity index (χ2v) is 11.2. The fraction of sp³-hybridized carbons (Fsp3) is 0.423. The molecule has 2 aromatic rings. The Hall–Kier alpha value is -2.75. The van der Waals surface area contributed by atoms with E-state index in [0.717, 1.165) is 5.56 Å². The minimum Gasteiger partial charge on any atom is -0.508 e. The molecule has 0 aromatic heterocycles. The van der Waals surface area contributed by atoms with Gasteiger partial charge in [0, 0.05) is 28.3 Å². The Bertz CT molecular complexity index is 1100. The predicted molar refractivity (Wildman–Crippen MR) is 141 cm³/mol. The Morgan fingerprint density at radius 2 is 1.86 bits per heavy atom. The number of aromatic hydroxyl groups is 1. The van der Waals surface area contributed by atoms with Gasteiger partial charge in [0.15, 0.2) is 6.10 Å². The van der Waals surface area contributed by atoms with Gasteiger partial charge in [-0.1, -0.05) is 36.4 Å². The van der Waals surface area contributed by atoms with Crippen LogP contribution in [0.15, 0.2) is 48.5 Å². The molecule has 2 aromatic carbocycles. The van der Waals surface area contributed by atoms with Crippen LogP contribution >= 0.6 is 23.4 Å². The van der Waals surface area contributed by atoms with Crippen molar-refractivity contribution < 1.29 is 24.6 Å². The van der Waals surface area contributed by atoms with E-state index in [1.54, 1.807) is 19.1 Å². The van der Waals surface area contributed by atoms with Crippen LogP contribution in [0.2, 0.25) is 0 Å². The van der Waals surface area contributed by atoms with Crippen molar-refractivity contribution in [2.75, 3.05) is 18.3 Å². The number of halogens is 1. The Balaban J connectivity index is 1.87. The standard InChI is InChI=1S/C26H32ClN3O5S/c1-16-18(10-7-11-20(16)31)23(33)29-19(14-17-8-5-4-6-9-17)21(32)25(35)30-15-36-26(2,3)22(30)24(34)28-13-12-27/h4-11,19,21-22,31-32H,12-15H2,1-3H3,(H,28,34)(H,29,33). The zero-order chi connectivity index (χ0) is 26.5. The number of aliphatic hydroxyl groups excluding tert-OH is 1. The first kappa shape index (κ1) is 27.8. The van der Waals surface area contributed by atoms with Gasteiger partial charge in [0.2, 0.25) is 5.91 Å². The van der Waals surface area contributed by atoms with Gasteiger partial charge in [-0.05, 0) is 44.9 Å². The molecule has 10 heteroatoms. The summed E-state index contributed by atoms with van der Waals surface area (Å²) in [5, 5.41) is 26.8. The van der Waals surface area contributed by atoms with Crippen molar-refractivity contribution in [2.45, 2.75) is 50.1 Å². The lowest BCUT2D eigenvalue weighted by atomic mass is 9.96. The summed E-state index contributed by atoms with van der Waals surface area (Å²) < 4.78 is -0.581. The van der Waals surface area contributed by atoms with Crippen LogP contribution < -0.4 is 10.6 Å². The zero-order valence-corrected chi connectivity index (χ0v) is 22.1. The Kier molecular flexibility index (Phi) is 9.27. The lowest BCUT2D eigenvalue weighted by molar-refractivity contribution is -0.147. The molecule has 194 valence electrons. The van der Waals surface area contributed by atoms with Gasteiger partial charge in [-0.15, -0.1) is 23.4 Å². The number of carbonyl (C=O) groups excluding carboxylic acids is 3.